The van der Waals surface area contributed by atoms with Gasteiger partial charge in [-0.15, -0.1) is 0 Å². The fraction of sp³-hybridized carbons (Fsp3) is 0.0909. The number of aromatic hydroxyl groups is 1. The van der Waals surface area contributed by atoms with Crippen molar-refractivity contribution in [2.24, 2.45) is 0 Å². The summed E-state index contributed by atoms with van der Waals surface area (Å²) in [5.41, 5.74) is 3.81. The highest BCUT2D eigenvalue weighted by Gasteiger charge is 2.10. The average molecular weight is 356 g/mol. The summed E-state index contributed by atoms with van der Waals surface area (Å²) in [5, 5.41) is 13.9. The van der Waals surface area contributed by atoms with Gasteiger partial charge in [0.2, 0.25) is 0 Å². The van der Waals surface area contributed by atoms with Gasteiger partial charge in [0, 0.05) is 36.4 Å². The van der Waals surface area contributed by atoms with Crippen molar-refractivity contribution in [2.75, 3.05) is 24.3 Å². The van der Waals surface area contributed by atoms with Gasteiger partial charge in [-0.25, -0.2) is 9.97 Å². The lowest BCUT2D eigenvalue weighted by Gasteiger charge is -2.14. The summed E-state index contributed by atoms with van der Waals surface area (Å²) in [6.45, 7) is 0. The summed E-state index contributed by atoms with van der Waals surface area (Å²) in [6, 6.07) is 23.0. The van der Waals surface area contributed by atoms with E-state index in [0.717, 1.165) is 33.7 Å². The third kappa shape index (κ3) is 3.53. The Morgan fingerprint density at radius 3 is 2.22 bits per heavy atom. The zero-order valence-corrected chi connectivity index (χ0v) is 15.2. The van der Waals surface area contributed by atoms with Gasteiger partial charge >= 0.3 is 0 Å². The number of nitrogens with one attached hydrogen (secondary N) is 1. The Labute approximate surface area is 158 Å². The van der Waals surface area contributed by atoms with Gasteiger partial charge in [-0.05, 0) is 60.7 Å². The maximum atomic E-state index is 9.53. The highest BCUT2D eigenvalue weighted by Crippen LogP contribution is 2.28. The van der Waals surface area contributed by atoms with E-state index in [4.69, 9.17) is 4.98 Å². The molecule has 4 aromatic rings. The molecule has 0 saturated carbocycles. The number of hydrogen-bond donors (Lipinski definition) is 2. The van der Waals surface area contributed by atoms with Crippen molar-refractivity contribution in [1.29, 1.82) is 0 Å². The predicted octanol–water partition coefficient (Wildman–Crippen LogP) is 4.81. The summed E-state index contributed by atoms with van der Waals surface area (Å²) < 4.78 is 0. The number of nitrogens with zero attached hydrogens (tertiary/aromatic N) is 3. The lowest BCUT2D eigenvalue weighted by molar-refractivity contribution is 0.475. The molecule has 27 heavy (non-hydrogen) atoms. The van der Waals surface area contributed by atoms with E-state index in [2.05, 4.69) is 27.3 Å². The van der Waals surface area contributed by atoms with Gasteiger partial charge in [0.25, 0.3) is 0 Å². The largest absolute Gasteiger partial charge is 0.508 e. The van der Waals surface area contributed by atoms with Crippen molar-refractivity contribution in [3.05, 3.63) is 72.8 Å². The molecule has 1 aromatic heterocycles. The molecule has 0 fully saturated rings. The van der Waals surface area contributed by atoms with E-state index < -0.39 is 0 Å². The van der Waals surface area contributed by atoms with Gasteiger partial charge in [-0.3, -0.25) is 0 Å². The standard InChI is InChI=1S/C22H20N4O/c1-26(2)17-11-9-16(10-12-17)23-22-19-5-3-4-6-20(19)24-21(25-22)15-7-13-18(27)14-8-15/h3-14,27H,1-2H3,(H,23,24,25). The SMILES string of the molecule is CN(C)c1ccc(Nc2nc(-c3ccc(O)cc3)nc3ccccc23)cc1. The number of aromatic nitrogens is 2. The molecule has 3 aromatic carbocycles. The summed E-state index contributed by atoms with van der Waals surface area (Å²) in [4.78, 5) is 11.5. The van der Waals surface area contributed by atoms with Crippen molar-refractivity contribution < 1.29 is 5.11 Å². The molecule has 0 unspecified atom stereocenters. The van der Waals surface area contributed by atoms with Gasteiger partial charge in [0.1, 0.15) is 11.6 Å². The lowest BCUT2D eigenvalue weighted by atomic mass is 10.1. The maximum Gasteiger partial charge on any atom is 0.162 e. The van der Waals surface area contributed by atoms with Crippen LogP contribution in [0.5, 0.6) is 5.75 Å². The highest BCUT2D eigenvalue weighted by molar-refractivity contribution is 5.92. The maximum absolute atomic E-state index is 9.53. The predicted molar refractivity (Wildman–Crippen MR) is 111 cm³/mol. The number of phenols is 1. The van der Waals surface area contributed by atoms with Crippen LogP contribution in [0.25, 0.3) is 22.3 Å². The Balaban J connectivity index is 1.77. The molecule has 2 N–H and O–H groups in total. The number of fused-ring (bicyclic) bond motifs is 1. The number of anilines is 3. The molecule has 0 radical (unpaired) electrons. The zero-order valence-electron chi connectivity index (χ0n) is 15.2. The Morgan fingerprint density at radius 2 is 1.52 bits per heavy atom. The quantitative estimate of drug-likeness (QED) is 0.549. The third-order valence-electron chi connectivity index (χ3n) is 4.38. The molecule has 0 aliphatic carbocycles. The molecule has 0 aliphatic heterocycles. The van der Waals surface area contributed by atoms with E-state index in [1.54, 1.807) is 12.1 Å². The van der Waals surface area contributed by atoms with Crippen LogP contribution in [0.1, 0.15) is 0 Å². The number of para-hydroxylation sites is 1. The summed E-state index contributed by atoms with van der Waals surface area (Å²) in [7, 11) is 4.04. The first-order valence-electron chi connectivity index (χ1n) is 8.71. The minimum absolute atomic E-state index is 0.221. The fourth-order valence-electron chi connectivity index (χ4n) is 2.89. The van der Waals surface area contributed by atoms with Gasteiger partial charge in [-0.2, -0.15) is 0 Å². The van der Waals surface area contributed by atoms with E-state index in [1.165, 1.54) is 0 Å². The molecule has 134 valence electrons. The normalized spacial score (nSPS) is 10.7. The second kappa shape index (κ2) is 6.96. The van der Waals surface area contributed by atoms with Crippen LogP contribution in [0.15, 0.2) is 72.8 Å². The van der Waals surface area contributed by atoms with Crippen LogP contribution in [0, 0.1) is 0 Å². The van der Waals surface area contributed by atoms with Crippen LogP contribution < -0.4 is 10.2 Å². The molecule has 0 atom stereocenters. The first-order chi connectivity index (χ1) is 13.1. The molecule has 1 heterocycles. The number of benzene rings is 3. The van der Waals surface area contributed by atoms with Gasteiger partial charge in [0.05, 0.1) is 5.52 Å². The number of hydrogen-bond acceptors (Lipinski definition) is 5. The molecular formula is C22H20N4O. The molecule has 0 amide bonds. The van der Waals surface area contributed by atoms with Crippen LogP contribution in [0.3, 0.4) is 0 Å². The summed E-state index contributed by atoms with van der Waals surface area (Å²) in [6.07, 6.45) is 0. The minimum Gasteiger partial charge on any atom is -0.508 e. The second-order valence-corrected chi connectivity index (χ2v) is 6.53. The fourth-order valence-corrected chi connectivity index (χ4v) is 2.89. The molecule has 0 spiro atoms. The Bertz CT molecular complexity index is 1070. The first kappa shape index (κ1) is 16.8. The Morgan fingerprint density at radius 1 is 0.815 bits per heavy atom. The van der Waals surface area contributed by atoms with E-state index in [9.17, 15) is 5.11 Å². The van der Waals surface area contributed by atoms with E-state index in [-0.39, 0.29) is 5.75 Å². The highest BCUT2D eigenvalue weighted by atomic mass is 16.3. The second-order valence-electron chi connectivity index (χ2n) is 6.53. The van der Waals surface area contributed by atoms with Gasteiger partial charge in [-0.1, -0.05) is 12.1 Å². The van der Waals surface area contributed by atoms with E-state index in [1.807, 2.05) is 62.6 Å². The lowest BCUT2D eigenvalue weighted by Crippen LogP contribution is -2.08. The van der Waals surface area contributed by atoms with E-state index >= 15 is 0 Å². The molecule has 5 nitrogen and oxygen atoms in total. The van der Waals surface area contributed by atoms with Crippen molar-refractivity contribution >= 4 is 28.1 Å². The van der Waals surface area contributed by atoms with Crippen LogP contribution in [-0.2, 0) is 0 Å². The molecule has 5 heteroatoms. The third-order valence-corrected chi connectivity index (χ3v) is 4.38. The van der Waals surface area contributed by atoms with Crippen LogP contribution in [0.2, 0.25) is 0 Å². The van der Waals surface area contributed by atoms with Crippen LogP contribution in [0.4, 0.5) is 17.2 Å². The molecular weight excluding hydrogens is 336 g/mol. The average Bonchev–Trinajstić information content (AvgIpc) is 2.69. The molecule has 0 bridgehead atoms. The van der Waals surface area contributed by atoms with Crippen molar-refractivity contribution in [2.45, 2.75) is 0 Å². The van der Waals surface area contributed by atoms with Crippen molar-refractivity contribution in [3.63, 3.8) is 0 Å². The molecule has 0 saturated heterocycles. The Hall–Kier alpha value is -3.60. The van der Waals surface area contributed by atoms with Gasteiger partial charge < -0.3 is 15.3 Å². The first-order valence-corrected chi connectivity index (χ1v) is 8.71. The minimum atomic E-state index is 0.221. The van der Waals surface area contributed by atoms with E-state index in [0.29, 0.717) is 5.82 Å². The Kier molecular flexibility index (Phi) is 4.34. The topological polar surface area (TPSA) is 61.3 Å². The van der Waals surface area contributed by atoms with Crippen molar-refractivity contribution in [3.8, 4) is 17.1 Å². The van der Waals surface area contributed by atoms with Crippen molar-refractivity contribution in [1.82, 2.24) is 9.97 Å². The summed E-state index contributed by atoms with van der Waals surface area (Å²) >= 11 is 0. The molecule has 4 rings (SSSR count). The number of rotatable bonds is 4. The van der Waals surface area contributed by atoms with Gasteiger partial charge in [0.15, 0.2) is 5.82 Å². The number of phenolic OH excluding ortho intramolecular Hbond substituents is 1. The smallest absolute Gasteiger partial charge is 0.162 e. The summed E-state index contributed by atoms with van der Waals surface area (Å²) in [5.74, 6) is 1.58. The zero-order chi connectivity index (χ0) is 18.8. The molecule has 0 aliphatic rings. The van der Waals surface area contributed by atoms with Crippen LogP contribution >= 0.6 is 0 Å². The van der Waals surface area contributed by atoms with Crippen LogP contribution in [-0.4, -0.2) is 29.2 Å². The monoisotopic (exact) mass is 356 g/mol.